The van der Waals surface area contributed by atoms with Crippen molar-refractivity contribution in [2.75, 3.05) is 7.05 Å². The molecule has 0 aromatic rings. The smallest absolute Gasteiger partial charge is 0.222 e. The molecule has 1 aliphatic carbocycles. The Kier molecular flexibility index (Phi) is 4.18. The molecule has 1 amide bonds. The maximum atomic E-state index is 11.5. The molecule has 1 spiro atoms. The van der Waals surface area contributed by atoms with Crippen LogP contribution in [-0.4, -0.2) is 23.4 Å². The Labute approximate surface area is 94.0 Å². The van der Waals surface area contributed by atoms with Crippen LogP contribution in [0.5, 0.6) is 0 Å². The van der Waals surface area contributed by atoms with E-state index in [0.717, 1.165) is 18.8 Å². The average molecular weight is 211 g/mol. The van der Waals surface area contributed by atoms with Gasteiger partial charge in [-0.3, -0.25) is 4.79 Å². The predicted molar refractivity (Wildman–Crippen MR) is 63.7 cm³/mol. The van der Waals surface area contributed by atoms with E-state index in [0.29, 0.717) is 5.91 Å². The topological polar surface area (TPSA) is 20.3 Å². The largest absolute Gasteiger partial charge is 0.340 e. The van der Waals surface area contributed by atoms with Crippen LogP contribution in [0.25, 0.3) is 0 Å². The molecule has 0 N–H and O–H groups in total. The van der Waals surface area contributed by atoms with Crippen molar-refractivity contribution in [3.63, 3.8) is 0 Å². The van der Waals surface area contributed by atoms with E-state index in [1.807, 2.05) is 25.8 Å². The van der Waals surface area contributed by atoms with Crippen LogP contribution >= 0.6 is 0 Å². The summed E-state index contributed by atoms with van der Waals surface area (Å²) in [5.41, 5.74) is 0.267. The number of nitrogens with zero attached hydrogens (tertiary/aromatic N) is 1. The third-order valence-electron chi connectivity index (χ3n) is 4.09. The molecular weight excluding hydrogens is 186 g/mol. The molecule has 2 aliphatic rings. The van der Waals surface area contributed by atoms with E-state index in [9.17, 15) is 4.79 Å². The lowest BCUT2D eigenvalue weighted by Gasteiger charge is -2.41. The first-order chi connectivity index (χ1) is 7.14. The van der Waals surface area contributed by atoms with Crippen molar-refractivity contribution in [1.82, 2.24) is 4.90 Å². The minimum Gasteiger partial charge on any atom is -0.340 e. The zero-order valence-corrected chi connectivity index (χ0v) is 10.7. The Bertz CT molecular complexity index is 217. The predicted octanol–water partition coefficient (Wildman–Crippen LogP) is 3.21. The number of rotatable bonds is 0. The van der Waals surface area contributed by atoms with Gasteiger partial charge in [-0.15, -0.1) is 0 Å². The molecule has 0 aromatic heterocycles. The molecule has 2 fully saturated rings. The first-order valence-electron chi connectivity index (χ1n) is 6.41. The Balaban J connectivity index is 0.000000531. The van der Waals surface area contributed by atoms with Gasteiger partial charge in [0.05, 0.1) is 0 Å². The molecule has 0 bridgehead atoms. The number of likely N-dealkylation sites (tertiary alicyclic amines) is 1. The Hall–Kier alpha value is -0.530. The van der Waals surface area contributed by atoms with Gasteiger partial charge in [0, 0.05) is 19.0 Å². The zero-order chi connectivity index (χ0) is 11.5. The number of carbonyl (C=O) groups is 1. The van der Waals surface area contributed by atoms with Gasteiger partial charge in [0.25, 0.3) is 0 Å². The van der Waals surface area contributed by atoms with Gasteiger partial charge >= 0.3 is 0 Å². The first-order valence-corrected chi connectivity index (χ1v) is 6.41. The lowest BCUT2D eigenvalue weighted by atomic mass is 9.76. The van der Waals surface area contributed by atoms with Crippen LogP contribution < -0.4 is 0 Å². The lowest BCUT2D eigenvalue weighted by molar-refractivity contribution is -0.130. The number of hydrogen-bond acceptors (Lipinski definition) is 1. The molecule has 0 atom stereocenters. The highest BCUT2D eigenvalue weighted by atomic mass is 16.2. The van der Waals surface area contributed by atoms with E-state index >= 15 is 0 Å². The fraction of sp³-hybridized carbons (Fsp3) is 0.923. The van der Waals surface area contributed by atoms with Crippen molar-refractivity contribution in [2.24, 2.45) is 5.92 Å². The molecule has 2 nitrogen and oxygen atoms in total. The van der Waals surface area contributed by atoms with Gasteiger partial charge in [-0.05, 0) is 38.0 Å². The van der Waals surface area contributed by atoms with Crippen molar-refractivity contribution >= 4 is 5.91 Å². The first kappa shape index (κ1) is 12.5. The van der Waals surface area contributed by atoms with Gasteiger partial charge in [-0.25, -0.2) is 0 Å². The second kappa shape index (κ2) is 5.00. The second-order valence-electron chi connectivity index (χ2n) is 4.86. The summed E-state index contributed by atoms with van der Waals surface area (Å²) in [6, 6.07) is 0. The average Bonchev–Trinajstić information content (AvgIpc) is 2.55. The molecular formula is C13H25NO. The SMILES string of the molecule is CC.CC1CCC2(CCC(=O)N2C)CC1. The highest BCUT2D eigenvalue weighted by Crippen LogP contribution is 2.42. The minimum absolute atomic E-state index is 0.267. The van der Waals surface area contributed by atoms with Gasteiger partial charge in [0.1, 0.15) is 0 Å². The molecule has 15 heavy (non-hydrogen) atoms. The van der Waals surface area contributed by atoms with Crippen molar-refractivity contribution in [1.29, 1.82) is 0 Å². The van der Waals surface area contributed by atoms with Crippen LogP contribution in [0.1, 0.15) is 59.3 Å². The summed E-state index contributed by atoms with van der Waals surface area (Å²) in [6.07, 6.45) is 6.96. The van der Waals surface area contributed by atoms with Crippen LogP contribution in [0.4, 0.5) is 0 Å². The van der Waals surface area contributed by atoms with Crippen molar-refractivity contribution in [2.45, 2.75) is 64.8 Å². The fourth-order valence-corrected chi connectivity index (χ4v) is 2.82. The molecule has 1 saturated carbocycles. The van der Waals surface area contributed by atoms with Crippen LogP contribution in [0.2, 0.25) is 0 Å². The Morgan fingerprint density at radius 1 is 1.20 bits per heavy atom. The summed E-state index contributed by atoms with van der Waals surface area (Å²) in [4.78, 5) is 13.5. The maximum absolute atomic E-state index is 11.5. The van der Waals surface area contributed by atoms with E-state index in [1.54, 1.807) is 0 Å². The van der Waals surface area contributed by atoms with E-state index < -0.39 is 0 Å². The van der Waals surface area contributed by atoms with Crippen LogP contribution in [0.3, 0.4) is 0 Å². The van der Waals surface area contributed by atoms with Gasteiger partial charge in [-0.1, -0.05) is 20.8 Å². The second-order valence-corrected chi connectivity index (χ2v) is 4.86. The van der Waals surface area contributed by atoms with Crippen molar-refractivity contribution in [3.05, 3.63) is 0 Å². The summed E-state index contributed by atoms with van der Waals surface area (Å²) < 4.78 is 0. The monoisotopic (exact) mass is 211 g/mol. The molecule has 0 unspecified atom stereocenters. The van der Waals surface area contributed by atoms with Gasteiger partial charge in [-0.2, -0.15) is 0 Å². The van der Waals surface area contributed by atoms with Crippen LogP contribution in [0, 0.1) is 5.92 Å². The quantitative estimate of drug-likeness (QED) is 0.602. The van der Waals surface area contributed by atoms with E-state index in [4.69, 9.17) is 0 Å². The molecule has 1 saturated heterocycles. The normalized spacial score (nSPS) is 35.3. The number of carbonyl (C=O) groups excluding carboxylic acids is 1. The van der Waals surface area contributed by atoms with E-state index in [1.165, 1.54) is 25.7 Å². The number of amides is 1. The van der Waals surface area contributed by atoms with Gasteiger partial charge in [0.15, 0.2) is 0 Å². The molecule has 0 radical (unpaired) electrons. The third-order valence-corrected chi connectivity index (χ3v) is 4.09. The molecule has 2 heteroatoms. The summed E-state index contributed by atoms with van der Waals surface area (Å²) in [7, 11) is 1.99. The highest BCUT2D eigenvalue weighted by molar-refractivity contribution is 5.79. The van der Waals surface area contributed by atoms with Crippen LogP contribution in [0.15, 0.2) is 0 Å². The van der Waals surface area contributed by atoms with Crippen LogP contribution in [-0.2, 0) is 4.79 Å². The summed E-state index contributed by atoms with van der Waals surface area (Å²) in [6.45, 7) is 6.32. The summed E-state index contributed by atoms with van der Waals surface area (Å²) >= 11 is 0. The van der Waals surface area contributed by atoms with Crippen molar-refractivity contribution in [3.8, 4) is 0 Å². The van der Waals surface area contributed by atoms with Gasteiger partial charge in [0.2, 0.25) is 5.91 Å². The summed E-state index contributed by atoms with van der Waals surface area (Å²) in [5, 5.41) is 0. The van der Waals surface area contributed by atoms with Crippen molar-refractivity contribution < 1.29 is 4.79 Å². The standard InChI is InChI=1S/C11H19NO.C2H6/c1-9-3-6-11(7-4-9)8-5-10(13)12(11)2;1-2/h9H,3-8H2,1-2H3;1-2H3. The Morgan fingerprint density at radius 2 is 1.73 bits per heavy atom. The highest BCUT2D eigenvalue weighted by Gasteiger charge is 2.44. The minimum atomic E-state index is 0.267. The molecule has 1 aliphatic heterocycles. The molecule has 1 heterocycles. The maximum Gasteiger partial charge on any atom is 0.222 e. The molecule has 88 valence electrons. The Morgan fingerprint density at radius 3 is 2.13 bits per heavy atom. The van der Waals surface area contributed by atoms with E-state index in [2.05, 4.69) is 6.92 Å². The van der Waals surface area contributed by atoms with Gasteiger partial charge < -0.3 is 4.90 Å². The third kappa shape index (κ3) is 2.35. The zero-order valence-electron chi connectivity index (χ0n) is 10.7. The van der Waals surface area contributed by atoms with E-state index in [-0.39, 0.29) is 5.54 Å². The lowest BCUT2D eigenvalue weighted by Crippen LogP contribution is -2.45. The molecule has 2 rings (SSSR count). The fourth-order valence-electron chi connectivity index (χ4n) is 2.82. The number of hydrogen-bond donors (Lipinski definition) is 0. The molecule has 0 aromatic carbocycles. The summed E-state index contributed by atoms with van der Waals surface area (Å²) in [5.74, 6) is 1.23.